The SMILES string of the molecule is CCCCc1c(-c2ccc(OC)cc2)c2c(OC(=O)O)c(OC(=O)O)c3cccc1n32. The zero-order valence-corrected chi connectivity index (χ0v) is 17.0. The van der Waals surface area contributed by atoms with Gasteiger partial charge >= 0.3 is 12.3 Å². The Hall–Kier alpha value is -3.94. The number of aromatic nitrogens is 1. The Labute approximate surface area is 177 Å². The van der Waals surface area contributed by atoms with Crippen molar-refractivity contribution in [2.24, 2.45) is 0 Å². The topological polar surface area (TPSA) is 107 Å². The van der Waals surface area contributed by atoms with Crippen LogP contribution in [0.3, 0.4) is 0 Å². The molecular formula is C23H21NO7. The molecule has 3 heterocycles. The molecule has 0 saturated heterocycles. The first kappa shape index (κ1) is 20.3. The summed E-state index contributed by atoms with van der Waals surface area (Å²) in [5.41, 5.74) is 4.37. The monoisotopic (exact) mass is 423 g/mol. The first-order chi connectivity index (χ1) is 15.0. The number of hydrogen-bond acceptors (Lipinski definition) is 5. The maximum Gasteiger partial charge on any atom is 0.511 e. The maximum absolute atomic E-state index is 11.5. The Morgan fingerprint density at radius 3 is 2.19 bits per heavy atom. The van der Waals surface area contributed by atoms with Gasteiger partial charge < -0.3 is 28.8 Å². The van der Waals surface area contributed by atoms with Crippen molar-refractivity contribution in [2.75, 3.05) is 7.11 Å². The van der Waals surface area contributed by atoms with Gasteiger partial charge in [0.2, 0.25) is 11.5 Å². The summed E-state index contributed by atoms with van der Waals surface area (Å²) < 4.78 is 17.1. The fraction of sp³-hybridized carbons (Fsp3) is 0.217. The van der Waals surface area contributed by atoms with E-state index in [1.54, 1.807) is 23.6 Å². The number of benzene rings is 1. The Morgan fingerprint density at radius 2 is 1.58 bits per heavy atom. The molecule has 0 aliphatic carbocycles. The van der Waals surface area contributed by atoms with Gasteiger partial charge in [0.15, 0.2) is 0 Å². The number of carbonyl (C=O) groups is 2. The van der Waals surface area contributed by atoms with Crippen LogP contribution in [0.5, 0.6) is 17.2 Å². The molecule has 4 aromatic rings. The zero-order chi connectivity index (χ0) is 22.1. The van der Waals surface area contributed by atoms with E-state index in [1.807, 2.05) is 30.3 Å². The third kappa shape index (κ3) is 3.46. The minimum Gasteiger partial charge on any atom is -0.497 e. The van der Waals surface area contributed by atoms with Crippen LogP contribution in [0.2, 0.25) is 0 Å². The van der Waals surface area contributed by atoms with E-state index in [4.69, 9.17) is 14.2 Å². The second-order valence-electron chi connectivity index (χ2n) is 7.06. The van der Waals surface area contributed by atoms with E-state index >= 15 is 0 Å². The highest BCUT2D eigenvalue weighted by atomic mass is 16.7. The molecule has 1 aromatic carbocycles. The summed E-state index contributed by atoms with van der Waals surface area (Å²) in [6, 6.07) is 12.8. The molecule has 4 rings (SSSR count). The van der Waals surface area contributed by atoms with Crippen LogP contribution in [0.1, 0.15) is 25.3 Å². The molecule has 0 aliphatic rings. The number of pyridine rings is 1. The van der Waals surface area contributed by atoms with Gasteiger partial charge in [0.05, 0.1) is 18.1 Å². The Kier molecular flexibility index (Phi) is 5.29. The highest BCUT2D eigenvalue weighted by Crippen LogP contribution is 2.49. The lowest BCUT2D eigenvalue weighted by molar-refractivity contribution is 0.134. The van der Waals surface area contributed by atoms with E-state index in [9.17, 15) is 19.8 Å². The van der Waals surface area contributed by atoms with Crippen LogP contribution in [0, 0.1) is 0 Å². The van der Waals surface area contributed by atoms with Gasteiger partial charge in [-0.15, -0.1) is 0 Å². The molecule has 0 aliphatic heterocycles. The van der Waals surface area contributed by atoms with Crippen molar-refractivity contribution in [2.45, 2.75) is 26.2 Å². The molecule has 8 heteroatoms. The molecule has 0 atom stereocenters. The van der Waals surface area contributed by atoms with Gasteiger partial charge in [-0.25, -0.2) is 9.59 Å². The van der Waals surface area contributed by atoms with Crippen molar-refractivity contribution < 1.29 is 34.0 Å². The molecule has 0 unspecified atom stereocenters. The van der Waals surface area contributed by atoms with E-state index in [-0.39, 0.29) is 11.5 Å². The van der Waals surface area contributed by atoms with E-state index in [1.165, 1.54) is 0 Å². The average molecular weight is 423 g/mol. The zero-order valence-electron chi connectivity index (χ0n) is 17.0. The Bertz CT molecular complexity index is 1260. The number of aryl methyl sites for hydroxylation is 1. The van der Waals surface area contributed by atoms with Crippen molar-refractivity contribution in [3.05, 3.63) is 48.0 Å². The number of ether oxygens (including phenoxy) is 3. The average Bonchev–Trinajstić information content (AvgIpc) is 3.23. The van der Waals surface area contributed by atoms with E-state index in [2.05, 4.69) is 6.92 Å². The number of unbranched alkanes of at least 4 members (excludes halogenated alkanes) is 1. The van der Waals surface area contributed by atoms with Crippen LogP contribution in [-0.2, 0) is 6.42 Å². The van der Waals surface area contributed by atoms with Crippen LogP contribution in [-0.4, -0.2) is 34.0 Å². The third-order valence-corrected chi connectivity index (χ3v) is 5.25. The standard InChI is InChI=1S/C23H21NO7/c1-3-4-6-15-16-7-5-8-17-20(30-22(25)26)21(31-23(27)28)19(24(16)17)18(15)13-9-11-14(29-2)12-10-13/h5,7-12H,3-4,6H2,1-2H3,(H,25,26)(H,27,28). The van der Waals surface area contributed by atoms with E-state index < -0.39 is 12.3 Å². The summed E-state index contributed by atoms with van der Waals surface area (Å²) in [5, 5.41) is 18.6. The van der Waals surface area contributed by atoms with Gasteiger partial charge in [-0.3, -0.25) is 0 Å². The van der Waals surface area contributed by atoms with Crippen LogP contribution >= 0.6 is 0 Å². The smallest absolute Gasteiger partial charge is 0.497 e. The highest BCUT2D eigenvalue weighted by molar-refractivity contribution is 6.03. The van der Waals surface area contributed by atoms with Crippen LogP contribution < -0.4 is 14.2 Å². The quantitative estimate of drug-likeness (QED) is 0.369. The lowest BCUT2D eigenvalue weighted by Gasteiger charge is -2.09. The van der Waals surface area contributed by atoms with Gasteiger partial charge in [0.25, 0.3) is 0 Å². The molecule has 31 heavy (non-hydrogen) atoms. The first-order valence-electron chi connectivity index (χ1n) is 9.83. The molecule has 0 radical (unpaired) electrons. The number of nitrogens with zero attached hydrogens (tertiary/aromatic N) is 1. The number of rotatable bonds is 7. The van der Waals surface area contributed by atoms with Crippen molar-refractivity contribution >= 4 is 28.9 Å². The van der Waals surface area contributed by atoms with Crippen LogP contribution in [0.15, 0.2) is 42.5 Å². The normalized spacial score (nSPS) is 11.2. The van der Waals surface area contributed by atoms with E-state index in [0.717, 1.165) is 41.5 Å². The predicted octanol–water partition coefficient (Wildman–Crippen LogP) is 5.66. The predicted molar refractivity (Wildman–Crippen MR) is 114 cm³/mol. The molecular weight excluding hydrogens is 402 g/mol. The number of hydrogen-bond donors (Lipinski definition) is 2. The van der Waals surface area contributed by atoms with Gasteiger partial charge in [-0.1, -0.05) is 31.5 Å². The van der Waals surface area contributed by atoms with Crippen LogP contribution in [0.4, 0.5) is 9.59 Å². The molecule has 0 fully saturated rings. The molecule has 3 aromatic heterocycles. The summed E-state index contributed by atoms with van der Waals surface area (Å²) in [7, 11) is 1.58. The molecule has 0 spiro atoms. The van der Waals surface area contributed by atoms with Crippen molar-refractivity contribution in [1.29, 1.82) is 0 Å². The Morgan fingerprint density at radius 1 is 0.935 bits per heavy atom. The van der Waals surface area contributed by atoms with Gasteiger partial charge in [0, 0.05) is 5.56 Å². The fourth-order valence-electron chi connectivity index (χ4n) is 4.03. The molecule has 2 N–H and O–H groups in total. The summed E-state index contributed by atoms with van der Waals surface area (Å²) in [6.45, 7) is 2.10. The third-order valence-electron chi connectivity index (χ3n) is 5.25. The highest BCUT2D eigenvalue weighted by Gasteiger charge is 2.30. The van der Waals surface area contributed by atoms with Crippen molar-refractivity contribution in [3.8, 4) is 28.4 Å². The van der Waals surface area contributed by atoms with Crippen LogP contribution in [0.25, 0.3) is 27.7 Å². The van der Waals surface area contributed by atoms with Gasteiger partial charge in [-0.05, 0) is 48.2 Å². The molecule has 0 amide bonds. The first-order valence-corrected chi connectivity index (χ1v) is 9.83. The fourth-order valence-corrected chi connectivity index (χ4v) is 4.03. The minimum absolute atomic E-state index is 0.139. The number of methoxy groups -OCH3 is 1. The van der Waals surface area contributed by atoms with E-state index in [0.29, 0.717) is 16.8 Å². The van der Waals surface area contributed by atoms with Gasteiger partial charge in [0.1, 0.15) is 11.3 Å². The van der Waals surface area contributed by atoms with Crippen molar-refractivity contribution in [3.63, 3.8) is 0 Å². The summed E-state index contributed by atoms with van der Waals surface area (Å²) in [6.07, 6.45) is -0.429. The lowest BCUT2D eigenvalue weighted by atomic mass is 9.97. The molecule has 0 bridgehead atoms. The molecule has 160 valence electrons. The van der Waals surface area contributed by atoms with Gasteiger partial charge in [-0.2, -0.15) is 0 Å². The second-order valence-corrected chi connectivity index (χ2v) is 7.06. The Balaban J connectivity index is 2.11. The number of carboxylic acid groups (broad SMARTS) is 2. The molecule has 0 saturated carbocycles. The van der Waals surface area contributed by atoms with Crippen molar-refractivity contribution in [1.82, 2.24) is 4.40 Å². The lowest BCUT2D eigenvalue weighted by Crippen LogP contribution is -2.07. The largest absolute Gasteiger partial charge is 0.511 e. The summed E-state index contributed by atoms with van der Waals surface area (Å²) in [4.78, 5) is 22.8. The second kappa shape index (κ2) is 8.06. The summed E-state index contributed by atoms with van der Waals surface area (Å²) >= 11 is 0. The molecule has 8 nitrogen and oxygen atoms in total. The summed E-state index contributed by atoms with van der Waals surface area (Å²) in [5.74, 6) is 0.402. The minimum atomic E-state index is -1.56. The maximum atomic E-state index is 11.5.